The van der Waals surface area contributed by atoms with Crippen LogP contribution in [0.15, 0.2) is 6.07 Å². The van der Waals surface area contributed by atoms with Gasteiger partial charge in [0.1, 0.15) is 6.29 Å². The van der Waals surface area contributed by atoms with E-state index in [1.165, 1.54) is 19.9 Å². The highest BCUT2D eigenvalue weighted by Crippen LogP contribution is 2.18. The number of hydrogen-bond acceptors (Lipinski definition) is 1. The van der Waals surface area contributed by atoms with Crippen molar-refractivity contribution in [2.45, 2.75) is 13.8 Å². The molecular formula is C9H8F2O. The van der Waals surface area contributed by atoms with Gasteiger partial charge in [-0.2, -0.15) is 0 Å². The summed E-state index contributed by atoms with van der Waals surface area (Å²) in [7, 11) is 0. The first-order valence-corrected chi connectivity index (χ1v) is 3.48. The normalized spacial score (nSPS) is 10.0. The minimum atomic E-state index is -0.933. The third-order valence-electron chi connectivity index (χ3n) is 1.80. The van der Waals surface area contributed by atoms with Crippen LogP contribution < -0.4 is 0 Å². The van der Waals surface area contributed by atoms with Gasteiger partial charge in [-0.05, 0) is 31.0 Å². The summed E-state index contributed by atoms with van der Waals surface area (Å²) >= 11 is 0. The molecule has 0 amide bonds. The van der Waals surface area contributed by atoms with Crippen molar-refractivity contribution in [3.8, 4) is 0 Å². The molecule has 0 radical (unpaired) electrons. The smallest absolute Gasteiger partial charge is 0.162 e. The lowest BCUT2D eigenvalue weighted by Crippen LogP contribution is -1.98. The van der Waals surface area contributed by atoms with Gasteiger partial charge in [-0.1, -0.05) is 0 Å². The van der Waals surface area contributed by atoms with Crippen LogP contribution in [0.5, 0.6) is 0 Å². The number of carbonyl (C=O) groups is 1. The molecule has 0 spiro atoms. The fraction of sp³-hybridized carbons (Fsp3) is 0.222. The lowest BCUT2D eigenvalue weighted by molar-refractivity contribution is 0.112. The topological polar surface area (TPSA) is 17.1 Å². The minimum absolute atomic E-state index is 0.0631. The molecule has 64 valence electrons. The zero-order valence-corrected chi connectivity index (χ0v) is 6.82. The van der Waals surface area contributed by atoms with E-state index in [2.05, 4.69) is 0 Å². The molecule has 0 heterocycles. The van der Waals surface area contributed by atoms with Crippen molar-refractivity contribution in [1.82, 2.24) is 0 Å². The summed E-state index contributed by atoms with van der Waals surface area (Å²) in [5.41, 5.74) is 0.416. The molecule has 12 heavy (non-hydrogen) atoms. The third kappa shape index (κ3) is 1.22. The lowest BCUT2D eigenvalue weighted by Gasteiger charge is -2.03. The summed E-state index contributed by atoms with van der Waals surface area (Å²) in [6.45, 7) is 2.80. The summed E-state index contributed by atoms with van der Waals surface area (Å²) in [4.78, 5) is 10.4. The van der Waals surface area contributed by atoms with E-state index < -0.39 is 11.6 Å². The van der Waals surface area contributed by atoms with E-state index in [0.717, 1.165) is 0 Å². The first-order chi connectivity index (χ1) is 5.57. The third-order valence-corrected chi connectivity index (χ3v) is 1.80. The molecule has 0 unspecified atom stereocenters. The Morgan fingerprint density at radius 1 is 1.25 bits per heavy atom. The second-order valence-electron chi connectivity index (χ2n) is 2.65. The first kappa shape index (κ1) is 8.84. The monoisotopic (exact) mass is 170 g/mol. The van der Waals surface area contributed by atoms with Gasteiger partial charge in [0, 0.05) is 5.56 Å². The molecule has 0 bridgehead atoms. The number of carbonyl (C=O) groups excluding carboxylic acids is 1. The molecule has 1 aromatic carbocycles. The highest BCUT2D eigenvalue weighted by molar-refractivity contribution is 5.77. The van der Waals surface area contributed by atoms with E-state index in [0.29, 0.717) is 6.29 Å². The van der Waals surface area contributed by atoms with Gasteiger partial charge < -0.3 is 0 Å². The molecule has 0 fully saturated rings. The number of aryl methyl sites for hydroxylation is 1. The van der Waals surface area contributed by atoms with E-state index in [1.54, 1.807) is 0 Å². The van der Waals surface area contributed by atoms with Crippen LogP contribution in [0.25, 0.3) is 0 Å². The highest BCUT2D eigenvalue weighted by Gasteiger charge is 2.11. The highest BCUT2D eigenvalue weighted by atomic mass is 19.2. The van der Waals surface area contributed by atoms with Crippen LogP contribution in [0.3, 0.4) is 0 Å². The molecule has 1 rings (SSSR count). The minimum Gasteiger partial charge on any atom is -0.298 e. The largest absolute Gasteiger partial charge is 0.298 e. The standard InChI is InChI=1S/C9H8F2O/c1-5-3-7(4-12)6(2)9(11)8(5)10/h3-4H,1-2H3. The molecule has 1 nitrogen and oxygen atoms in total. The predicted molar refractivity (Wildman–Crippen MR) is 41.2 cm³/mol. The summed E-state index contributed by atoms with van der Waals surface area (Å²) in [5.74, 6) is -1.81. The zero-order chi connectivity index (χ0) is 9.30. The average Bonchev–Trinajstić information content (AvgIpc) is 2.08. The van der Waals surface area contributed by atoms with E-state index in [1.807, 2.05) is 0 Å². The van der Waals surface area contributed by atoms with Crippen LogP contribution in [0.2, 0.25) is 0 Å². The maximum Gasteiger partial charge on any atom is 0.162 e. The quantitative estimate of drug-likeness (QED) is 0.591. The number of hydrogen-bond donors (Lipinski definition) is 0. The SMILES string of the molecule is Cc1cc(C=O)c(C)c(F)c1F. The van der Waals surface area contributed by atoms with E-state index >= 15 is 0 Å². The van der Waals surface area contributed by atoms with Crippen molar-refractivity contribution in [2.75, 3.05) is 0 Å². The number of benzene rings is 1. The van der Waals surface area contributed by atoms with Gasteiger partial charge in [0.25, 0.3) is 0 Å². The Hall–Kier alpha value is -1.25. The first-order valence-electron chi connectivity index (χ1n) is 3.48. The number of halogens is 2. The Morgan fingerprint density at radius 2 is 1.83 bits per heavy atom. The molecule has 0 aliphatic carbocycles. The van der Waals surface area contributed by atoms with E-state index in [9.17, 15) is 13.6 Å². The van der Waals surface area contributed by atoms with Crippen LogP contribution in [-0.2, 0) is 0 Å². The van der Waals surface area contributed by atoms with Crippen LogP contribution in [0.4, 0.5) is 8.78 Å². The van der Waals surface area contributed by atoms with Crippen molar-refractivity contribution < 1.29 is 13.6 Å². The summed E-state index contributed by atoms with van der Waals surface area (Å²) < 4.78 is 25.7. The van der Waals surface area contributed by atoms with Gasteiger partial charge in [-0.25, -0.2) is 8.78 Å². The molecule has 1 aromatic rings. The lowest BCUT2D eigenvalue weighted by atomic mass is 10.1. The van der Waals surface area contributed by atoms with Gasteiger partial charge in [0.2, 0.25) is 0 Å². The van der Waals surface area contributed by atoms with Crippen molar-refractivity contribution in [1.29, 1.82) is 0 Å². The summed E-state index contributed by atoms with van der Waals surface area (Å²) in [6, 6.07) is 1.33. The van der Waals surface area contributed by atoms with Crippen LogP contribution in [0.1, 0.15) is 21.5 Å². The molecule has 0 aliphatic rings. The molecule has 0 saturated heterocycles. The molecule has 0 saturated carbocycles. The van der Waals surface area contributed by atoms with Crippen LogP contribution in [0, 0.1) is 25.5 Å². The van der Waals surface area contributed by atoms with Crippen LogP contribution >= 0.6 is 0 Å². The Bertz CT molecular complexity index is 332. The fourth-order valence-corrected chi connectivity index (χ4v) is 0.992. The molecule has 0 N–H and O–H groups in total. The second-order valence-corrected chi connectivity index (χ2v) is 2.65. The average molecular weight is 170 g/mol. The Balaban J connectivity index is 3.49. The predicted octanol–water partition coefficient (Wildman–Crippen LogP) is 2.39. The zero-order valence-electron chi connectivity index (χ0n) is 6.82. The summed E-state index contributed by atoms with van der Waals surface area (Å²) in [5, 5.41) is 0. The van der Waals surface area contributed by atoms with Gasteiger partial charge >= 0.3 is 0 Å². The molecule has 0 atom stereocenters. The number of aldehydes is 1. The van der Waals surface area contributed by atoms with Crippen molar-refractivity contribution >= 4 is 6.29 Å². The van der Waals surface area contributed by atoms with Gasteiger partial charge in [-0.15, -0.1) is 0 Å². The molecule has 0 aliphatic heterocycles. The van der Waals surface area contributed by atoms with Crippen molar-refractivity contribution in [3.05, 3.63) is 34.4 Å². The molecule has 3 heteroatoms. The van der Waals surface area contributed by atoms with Crippen LogP contribution in [-0.4, -0.2) is 6.29 Å². The Morgan fingerprint density at radius 3 is 2.33 bits per heavy atom. The Labute approximate surface area is 69.0 Å². The maximum absolute atomic E-state index is 12.9. The van der Waals surface area contributed by atoms with E-state index in [-0.39, 0.29) is 16.7 Å². The second kappa shape index (κ2) is 3.01. The molecular weight excluding hydrogens is 162 g/mol. The van der Waals surface area contributed by atoms with Crippen molar-refractivity contribution in [2.24, 2.45) is 0 Å². The molecule has 0 aromatic heterocycles. The van der Waals surface area contributed by atoms with E-state index in [4.69, 9.17) is 0 Å². The fourth-order valence-electron chi connectivity index (χ4n) is 0.992. The van der Waals surface area contributed by atoms with Gasteiger partial charge in [0.05, 0.1) is 0 Å². The Kier molecular flexibility index (Phi) is 2.22. The summed E-state index contributed by atoms with van der Waals surface area (Å²) in [6.07, 6.45) is 0.519. The maximum atomic E-state index is 12.9. The number of rotatable bonds is 1. The van der Waals surface area contributed by atoms with Gasteiger partial charge in [0.15, 0.2) is 11.6 Å². The van der Waals surface area contributed by atoms with Gasteiger partial charge in [-0.3, -0.25) is 4.79 Å². The van der Waals surface area contributed by atoms with Crippen molar-refractivity contribution in [3.63, 3.8) is 0 Å².